The highest BCUT2D eigenvalue weighted by Crippen LogP contribution is 2.53. The fourth-order valence-electron chi connectivity index (χ4n) is 4.37. The number of hydrogen-bond acceptors (Lipinski definition) is 4. The van der Waals surface area contributed by atoms with Gasteiger partial charge in [0, 0.05) is 30.3 Å². The summed E-state index contributed by atoms with van der Waals surface area (Å²) in [6, 6.07) is 10.1. The maximum atomic E-state index is 11.4. The zero-order valence-electron chi connectivity index (χ0n) is 16.5. The number of anilines is 1. The summed E-state index contributed by atoms with van der Waals surface area (Å²) >= 11 is 0. The number of carbonyl (C=O) groups excluding carboxylic acids is 1. The van der Waals surface area contributed by atoms with Crippen molar-refractivity contribution in [2.45, 2.75) is 38.8 Å². The molecule has 0 radical (unpaired) electrons. The summed E-state index contributed by atoms with van der Waals surface area (Å²) in [7, 11) is 3.79. The van der Waals surface area contributed by atoms with Gasteiger partial charge in [-0.05, 0) is 50.1 Å². The molecule has 1 unspecified atom stereocenters. The van der Waals surface area contributed by atoms with E-state index in [-0.39, 0.29) is 11.6 Å². The zero-order chi connectivity index (χ0) is 19.3. The predicted octanol–water partition coefficient (Wildman–Crippen LogP) is 5.02. The molecule has 4 rings (SSSR count). The fraction of sp³-hybridized carbons (Fsp3) is 0.348. The van der Waals surface area contributed by atoms with Crippen molar-refractivity contribution < 1.29 is 14.3 Å². The first-order valence-electron chi connectivity index (χ1n) is 9.27. The van der Waals surface area contributed by atoms with Crippen LogP contribution in [0.5, 0.6) is 11.5 Å². The molecule has 0 saturated heterocycles. The Bertz CT molecular complexity index is 958. The van der Waals surface area contributed by atoms with Crippen molar-refractivity contribution in [1.29, 1.82) is 0 Å². The van der Waals surface area contributed by atoms with E-state index in [9.17, 15) is 4.79 Å². The largest absolute Gasteiger partial charge is 0.496 e. The number of aldehydes is 1. The van der Waals surface area contributed by atoms with E-state index in [0.717, 1.165) is 45.7 Å². The van der Waals surface area contributed by atoms with Gasteiger partial charge in [0.1, 0.15) is 23.9 Å². The highest BCUT2D eigenvalue weighted by Gasteiger charge is 2.36. The summed E-state index contributed by atoms with van der Waals surface area (Å²) in [6.07, 6.45) is 3.24. The van der Waals surface area contributed by atoms with Crippen LogP contribution in [-0.4, -0.2) is 26.0 Å². The summed E-state index contributed by atoms with van der Waals surface area (Å²) in [4.78, 5) is 13.7. The van der Waals surface area contributed by atoms with E-state index in [0.29, 0.717) is 6.42 Å². The third-order valence-electron chi connectivity index (χ3n) is 5.79. The molecule has 0 aliphatic carbocycles. The smallest absolute Gasteiger partial charge is 0.132 e. The Morgan fingerprint density at radius 1 is 1.22 bits per heavy atom. The highest BCUT2D eigenvalue weighted by molar-refractivity contribution is 5.92. The molecule has 2 aromatic carbocycles. The van der Waals surface area contributed by atoms with Crippen molar-refractivity contribution in [2.75, 3.05) is 19.1 Å². The van der Waals surface area contributed by atoms with Crippen LogP contribution in [0.1, 0.15) is 44.4 Å². The van der Waals surface area contributed by atoms with E-state index in [2.05, 4.69) is 50.9 Å². The molecule has 2 aliphatic rings. The molecule has 4 heteroatoms. The topological polar surface area (TPSA) is 38.8 Å². The molecule has 2 aromatic rings. The van der Waals surface area contributed by atoms with Gasteiger partial charge in [-0.25, -0.2) is 0 Å². The number of methoxy groups -OCH3 is 1. The minimum absolute atomic E-state index is 0.0728. The van der Waals surface area contributed by atoms with E-state index in [1.807, 2.05) is 18.2 Å². The van der Waals surface area contributed by atoms with Gasteiger partial charge >= 0.3 is 0 Å². The number of rotatable bonds is 3. The Morgan fingerprint density at radius 3 is 2.70 bits per heavy atom. The quantitative estimate of drug-likeness (QED) is 0.718. The van der Waals surface area contributed by atoms with Crippen LogP contribution in [0.25, 0.3) is 16.7 Å². The maximum absolute atomic E-state index is 11.4. The van der Waals surface area contributed by atoms with Gasteiger partial charge in [-0.1, -0.05) is 18.2 Å². The number of ether oxygens (including phenoxy) is 2. The molecule has 4 nitrogen and oxygen atoms in total. The number of likely N-dealkylation sites (N-methyl/N-ethyl adjacent to an activating group) is 1. The molecule has 0 spiro atoms. The van der Waals surface area contributed by atoms with Crippen LogP contribution >= 0.6 is 0 Å². The third kappa shape index (κ3) is 2.54. The van der Waals surface area contributed by atoms with Crippen molar-refractivity contribution in [2.24, 2.45) is 0 Å². The van der Waals surface area contributed by atoms with Gasteiger partial charge in [0.2, 0.25) is 0 Å². The Morgan fingerprint density at radius 2 is 2.00 bits per heavy atom. The van der Waals surface area contributed by atoms with Gasteiger partial charge in [0.25, 0.3) is 0 Å². The van der Waals surface area contributed by atoms with Gasteiger partial charge in [-0.2, -0.15) is 0 Å². The number of fused-ring (bicyclic) bond motifs is 5. The van der Waals surface area contributed by atoms with Crippen molar-refractivity contribution in [3.8, 4) is 22.6 Å². The maximum Gasteiger partial charge on any atom is 0.132 e. The number of carbonyl (C=O) groups is 1. The molecular formula is C23H25NO3. The van der Waals surface area contributed by atoms with Crippen LogP contribution < -0.4 is 14.4 Å². The molecule has 2 aliphatic heterocycles. The van der Waals surface area contributed by atoms with Crippen LogP contribution in [-0.2, 0) is 4.79 Å². The monoisotopic (exact) mass is 363 g/mol. The normalized spacial score (nSPS) is 19.2. The lowest BCUT2D eigenvalue weighted by atomic mass is 9.80. The Hall–Kier alpha value is -2.75. The number of allylic oxidation sites excluding steroid dienone is 1. The van der Waals surface area contributed by atoms with Crippen LogP contribution in [0, 0.1) is 0 Å². The van der Waals surface area contributed by atoms with E-state index >= 15 is 0 Å². The van der Waals surface area contributed by atoms with Crippen molar-refractivity contribution >= 4 is 17.5 Å². The molecule has 0 N–H and O–H groups in total. The number of hydrogen-bond donors (Lipinski definition) is 0. The summed E-state index contributed by atoms with van der Waals surface area (Å²) in [5.74, 6) is 1.55. The van der Waals surface area contributed by atoms with Crippen molar-refractivity contribution in [1.82, 2.24) is 0 Å². The first kappa shape index (κ1) is 17.7. The van der Waals surface area contributed by atoms with Gasteiger partial charge in [-0.3, -0.25) is 0 Å². The Balaban J connectivity index is 2.05. The summed E-state index contributed by atoms with van der Waals surface area (Å²) in [5.41, 5.74) is 6.58. The van der Waals surface area contributed by atoms with E-state index in [4.69, 9.17) is 9.47 Å². The van der Waals surface area contributed by atoms with Crippen molar-refractivity contribution in [3.63, 3.8) is 0 Å². The molecule has 27 heavy (non-hydrogen) atoms. The molecule has 0 fully saturated rings. The lowest BCUT2D eigenvalue weighted by Gasteiger charge is -2.43. The Labute approximate surface area is 160 Å². The van der Waals surface area contributed by atoms with Crippen molar-refractivity contribution in [3.05, 3.63) is 47.5 Å². The second kappa shape index (κ2) is 6.15. The first-order valence-corrected chi connectivity index (χ1v) is 9.27. The molecule has 0 bridgehead atoms. The number of nitrogens with zero attached hydrogens (tertiary/aromatic N) is 1. The predicted molar refractivity (Wildman–Crippen MR) is 109 cm³/mol. The summed E-state index contributed by atoms with van der Waals surface area (Å²) < 4.78 is 11.9. The van der Waals surface area contributed by atoms with E-state index in [1.165, 1.54) is 5.57 Å². The second-order valence-corrected chi connectivity index (χ2v) is 7.80. The zero-order valence-corrected chi connectivity index (χ0v) is 16.5. The van der Waals surface area contributed by atoms with Crippen LogP contribution in [0.3, 0.4) is 0 Å². The second-order valence-electron chi connectivity index (χ2n) is 7.80. The SMILES string of the molecule is COc1cccc2c1-c1ccc3c(c1C(CC=O)O2)C(C)=CC(C)(C)N3C. The minimum Gasteiger partial charge on any atom is -0.496 e. The average Bonchev–Trinajstić information content (AvgIpc) is 2.64. The summed E-state index contributed by atoms with van der Waals surface area (Å²) in [5, 5.41) is 0. The molecule has 0 amide bonds. The highest BCUT2D eigenvalue weighted by atomic mass is 16.5. The molecule has 0 aromatic heterocycles. The van der Waals surface area contributed by atoms with Crippen LogP contribution in [0.15, 0.2) is 36.4 Å². The van der Waals surface area contributed by atoms with Crippen LogP contribution in [0.4, 0.5) is 5.69 Å². The molecule has 2 heterocycles. The first-order chi connectivity index (χ1) is 12.9. The summed E-state index contributed by atoms with van der Waals surface area (Å²) in [6.45, 7) is 6.55. The molecule has 1 atom stereocenters. The van der Waals surface area contributed by atoms with E-state index < -0.39 is 0 Å². The van der Waals surface area contributed by atoms with Gasteiger partial charge in [0.05, 0.1) is 18.2 Å². The van der Waals surface area contributed by atoms with Gasteiger partial charge < -0.3 is 19.2 Å². The minimum atomic E-state index is -0.301. The lowest BCUT2D eigenvalue weighted by molar-refractivity contribution is -0.109. The Kier molecular flexibility index (Phi) is 4.02. The number of benzene rings is 2. The fourth-order valence-corrected chi connectivity index (χ4v) is 4.37. The van der Waals surface area contributed by atoms with E-state index in [1.54, 1.807) is 7.11 Å². The van der Waals surface area contributed by atoms with Crippen LogP contribution in [0.2, 0.25) is 0 Å². The molecule has 140 valence electrons. The standard InChI is InChI=1S/C23H25NO3/c1-14-13-23(2,3)24(4)16-10-9-15-21-17(26-5)7-6-8-18(21)27-19(11-12-25)22(15)20(14)16/h6-10,12-13,19H,11H2,1-5H3. The van der Waals surface area contributed by atoms with Gasteiger partial charge in [0.15, 0.2) is 0 Å². The third-order valence-corrected chi connectivity index (χ3v) is 5.79. The molecular weight excluding hydrogens is 338 g/mol. The average molecular weight is 363 g/mol. The van der Waals surface area contributed by atoms with Gasteiger partial charge in [-0.15, -0.1) is 0 Å². The lowest BCUT2D eigenvalue weighted by Crippen LogP contribution is -2.42. The molecule has 0 saturated carbocycles.